The van der Waals surface area contributed by atoms with Gasteiger partial charge in [-0.05, 0) is 30.9 Å². The Kier molecular flexibility index (Phi) is 4.57. The molecule has 0 bridgehead atoms. The summed E-state index contributed by atoms with van der Waals surface area (Å²) >= 11 is 3.50. The van der Waals surface area contributed by atoms with Gasteiger partial charge in [-0.2, -0.15) is 0 Å². The van der Waals surface area contributed by atoms with Gasteiger partial charge in [0, 0.05) is 5.33 Å². The summed E-state index contributed by atoms with van der Waals surface area (Å²) < 4.78 is 5.48. The molecule has 0 aromatic heterocycles. The molecule has 0 fully saturated rings. The molecular weight excluding hydrogens is 228 g/mol. The van der Waals surface area contributed by atoms with Gasteiger partial charge in [0.1, 0.15) is 6.10 Å². The number of allylic oxidation sites excluding steroid dienone is 2. The molecule has 0 aromatic carbocycles. The molecule has 1 atom stereocenters. The Morgan fingerprint density at radius 2 is 2.46 bits per heavy atom. The summed E-state index contributed by atoms with van der Waals surface area (Å²) in [5.74, 6) is 0.605. The van der Waals surface area contributed by atoms with Gasteiger partial charge in [-0.3, -0.25) is 0 Å². The minimum Gasteiger partial charge on any atom is -0.494 e. The molecule has 0 saturated carbocycles. The fourth-order valence-electron chi connectivity index (χ4n) is 1.31. The summed E-state index contributed by atoms with van der Waals surface area (Å²) in [6.07, 6.45) is 8.68. The maximum atomic E-state index is 5.48. The second kappa shape index (κ2) is 5.48. The van der Waals surface area contributed by atoms with E-state index in [0.717, 1.165) is 18.2 Å². The van der Waals surface area contributed by atoms with E-state index in [2.05, 4.69) is 41.9 Å². The van der Waals surface area contributed by atoms with Crippen molar-refractivity contribution in [2.75, 3.05) is 5.33 Å². The van der Waals surface area contributed by atoms with Crippen molar-refractivity contribution in [2.24, 2.45) is 5.92 Å². The first-order valence-electron chi connectivity index (χ1n) is 4.81. The number of hydrogen-bond donors (Lipinski definition) is 0. The third-order valence-electron chi connectivity index (χ3n) is 2.26. The van der Waals surface area contributed by atoms with Crippen molar-refractivity contribution in [1.29, 1.82) is 0 Å². The third-order valence-corrected chi connectivity index (χ3v) is 2.91. The van der Waals surface area contributed by atoms with E-state index in [0.29, 0.717) is 12.0 Å². The molecule has 1 unspecified atom stereocenters. The first kappa shape index (κ1) is 10.8. The van der Waals surface area contributed by atoms with E-state index in [1.54, 1.807) is 0 Å². The van der Waals surface area contributed by atoms with Crippen LogP contribution in [-0.4, -0.2) is 11.4 Å². The zero-order valence-corrected chi connectivity index (χ0v) is 9.88. The Morgan fingerprint density at radius 3 is 2.92 bits per heavy atom. The maximum absolute atomic E-state index is 5.48. The smallest absolute Gasteiger partial charge is 0.116 e. The zero-order valence-electron chi connectivity index (χ0n) is 8.29. The SMILES string of the molecule is CC(C)/C(=C/C1CCC=CO1)CBr. The molecule has 1 aliphatic heterocycles. The van der Waals surface area contributed by atoms with Gasteiger partial charge in [0.2, 0.25) is 0 Å². The molecule has 1 rings (SSSR count). The lowest BCUT2D eigenvalue weighted by Crippen LogP contribution is -2.11. The predicted octanol–water partition coefficient (Wildman–Crippen LogP) is 3.66. The van der Waals surface area contributed by atoms with Gasteiger partial charge in [0.25, 0.3) is 0 Å². The summed E-state index contributed by atoms with van der Waals surface area (Å²) in [5, 5.41) is 0.953. The lowest BCUT2D eigenvalue weighted by atomic mass is 10.0. The summed E-state index contributed by atoms with van der Waals surface area (Å²) in [4.78, 5) is 0. The van der Waals surface area contributed by atoms with E-state index in [1.807, 2.05) is 6.26 Å². The average Bonchev–Trinajstić information content (AvgIpc) is 2.15. The quantitative estimate of drug-likeness (QED) is 0.544. The molecule has 0 radical (unpaired) electrons. The molecule has 0 spiro atoms. The third kappa shape index (κ3) is 3.55. The molecule has 1 aliphatic rings. The number of halogens is 1. The Morgan fingerprint density at radius 1 is 1.69 bits per heavy atom. The molecule has 1 heterocycles. The first-order chi connectivity index (χ1) is 6.24. The van der Waals surface area contributed by atoms with Gasteiger partial charge in [0.15, 0.2) is 0 Å². The van der Waals surface area contributed by atoms with Crippen LogP contribution in [0, 0.1) is 5.92 Å². The minimum absolute atomic E-state index is 0.292. The van der Waals surface area contributed by atoms with Crippen LogP contribution in [0.5, 0.6) is 0 Å². The fourth-order valence-corrected chi connectivity index (χ4v) is 2.14. The Labute approximate surface area is 89.0 Å². The number of rotatable bonds is 3. The van der Waals surface area contributed by atoms with Crippen molar-refractivity contribution in [3.8, 4) is 0 Å². The molecule has 0 saturated heterocycles. The van der Waals surface area contributed by atoms with E-state index >= 15 is 0 Å². The highest BCUT2D eigenvalue weighted by atomic mass is 79.9. The first-order valence-corrected chi connectivity index (χ1v) is 5.93. The van der Waals surface area contributed by atoms with Crippen LogP contribution in [0.1, 0.15) is 26.7 Å². The van der Waals surface area contributed by atoms with Crippen LogP contribution in [0.3, 0.4) is 0 Å². The standard InChI is InChI=1S/C11H17BrO/c1-9(2)10(8-12)7-11-5-3-4-6-13-11/h4,6-7,9,11H,3,5,8H2,1-2H3/b10-7+. The van der Waals surface area contributed by atoms with Crippen molar-refractivity contribution < 1.29 is 4.74 Å². The Hall–Kier alpha value is -0.240. The second-order valence-corrected chi connectivity index (χ2v) is 4.21. The van der Waals surface area contributed by atoms with E-state index in [4.69, 9.17) is 4.74 Å². The molecule has 2 heteroatoms. The van der Waals surface area contributed by atoms with Gasteiger partial charge in [-0.25, -0.2) is 0 Å². The lowest BCUT2D eigenvalue weighted by Gasteiger charge is -2.18. The topological polar surface area (TPSA) is 9.23 Å². The number of alkyl halides is 1. The summed E-state index contributed by atoms with van der Waals surface area (Å²) in [6, 6.07) is 0. The van der Waals surface area contributed by atoms with Gasteiger partial charge in [-0.1, -0.05) is 35.4 Å². The van der Waals surface area contributed by atoms with Crippen LogP contribution >= 0.6 is 15.9 Å². The summed E-state index contributed by atoms with van der Waals surface area (Å²) in [6.45, 7) is 4.43. The van der Waals surface area contributed by atoms with Crippen molar-refractivity contribution in [1.82, 2.24) is 0 Å². The number of ether oxygens (including phenoxy) is 1. The Bertz CT molecular complexity index is 206. The highest BCUT2D eigenvalue weighted by Gasteiger charge is 2.10. The molecule has 0 amide bonds. The lowest BCUT2D eigenvalue weighted by molar-refractivity contribution is 0.164. The molecule has 13 heavy (non-hydrogen) atoms. The molecule has 0 aromatic rings. The molecule has 0 N–H and O–H groups in total. The molecular formula is C11H17BrO. The number of hydrogen-bond acceptors (Lipinski definition) is 1. The van der Waals surface area contributed by atoms with Crippen LogP contribution in [0.15, 0.2) is 24.0 Å². The fraction of sp³-hybridized carbons (Fsp3) is 0.636. The van der Waals surface area contributed by atoms with Gasteiger partial charge in [0.05, 0.1) is 6.26 Å². The molecule has 1 nitrogen and oxygen atoms in total. The van der Waals surface area contributed by atoms with Crippen molar-refractivity contribution in [3.63, 3.8) is 0 Å². The largest absolute Gasteiger partial charge is 0.494 e. The monoisotopic (exact) mass is 244 g/mol. The van der Waals surface area contributed by atoms with Gasteiger partial charge in [-0.15, -0.1) is 0 Å². The second-order valence-electron chi connectivity index (χ2n) is 3.65. The Balaban J connectivity index is 2.55. The zero-order chi connectivity index (χ0) is 9.68. The van der Waals surface area contributed by atoms with Crippen LogP contribution < -0.4 is 0 Å². The van der Waals surface area contributed by atoms with Crippen LogP contribution in [0.25, 0.3) is 0 Å². The van der Waals surface area contributed by atoms with Crippen molar-refractivity contribution >= 4 is 15.9 Å². The highest BCUT2D eigenvalue weighted by Crippen LogP contribution is 2.18. The highest BCUT2D eigenvalue weighted by molar-refractivity contribution is 9.09. The summed E-state index contributed by atoms with van der Waals surface area (Å²) in [5.41, 5.74) is 1.43. The normalized spacial score (nSPS) is 23.4. The molecule has 74 valence electrons. The average molecular weight is 245 g/mol. The van der Waals surface area contributed by atoms with Gasteiger partial charge >= 0.3 is 0 Å². The van der Waals surface area contributed by atoms with Crippen LogP contribution in [0.4, 0.5) is 0 Å². The van der Waals surface area contributed by atoms with E-state index in [1.165, 1.54) is 5.57 Å². The summed E-state index contributed by atoms with van der Waals surface area (Å²) in [7, 11) is 0. The van der Waals surface area contributed by atoms with Crippen LogP contribution in [-0.2, 0) is 4.74 Å². The van der Waals surface area contributed by atoms with Crippen LogP contribution in [0.2, 0.25) is 0 Å². The maximum Gasteiger partial charge on any atom is 0.116 e. The van der Waals surface area contributed by atoms with Crippen molar-refractivity contribution in [3.05, 3.63) is 24.0 Å². The van der Waals surface area contributed by atoms with E-state index < -0.39 is 0 Å². The molecule has 0 aliphatic carbocycles. The predicted molar refractivity (Wildman–Crippen MR) is 60.0 cm³/mol. The minimum atomic E-state index is 0.292. The van der Waals surface area contributed by atoms with E-state index in [9.17, 15) is 0 Å². The van der Waals surface area contributed by atoms with Gasteiger partial charge < -0.3 is 4.74 Å². The van der Waals surface area contributed by atoms with Crippen molar-refractivity contribution in [2.45, 2.75) is 32.8 Å². The van der Waals surface area contributed by atoms with E-state index in [-0.39, 0.29) is 0 Å².